The molecule has 0 rings (SSSR count). The van der Waals surface area contributed by atoms with Gasteiger partial charge in [0.15, 0.2) is 0 Å². The molecule has 0 saturated heterocycles. The third kappa shape index (κ3) is 3.93. The summed E-state index contributed by atoms with van der Waals surface area (Å²) in [6.45, 7) is 6.32. The van der Waals surface area contributed by atoms with Gasteiger partial charge in [0.05, 0.1) is 0 Å². The van der Waals surface area contributed by atoms with E-state index in [-0.39, 0.29) is 0 Å². The lowest BCUT2D eigenvalue weighted by molar-refractivity contribution is 0.318. The maximum Gasteiger partial charge on any atom is 0.0365 e. The average Bonchev–Trinajstić information content (AvgIpc) is 2.00. The minimum atomic E-state index is 0.646. The first-order chi connectivity index (χ1) is 5.26. The van der Waals surface area contributed by atoms with Crippen molar-refractivity contribution in [2.45, 2.75) is 46.1 Å². The van der Waals surface area contributed by atoms with Gasteiger partial charge >= 0.3 is 0 Å². The molecule has 1 atom stereocenters. The zero-order valence-electron chi connectivity index (χ0n) is 8.15. The fourth-order valence-electron chi connectivity index (χ4n) is 1.27. The standard InChI is InChI=1S/C10H19N/c1-5-8-10(7-3)11(4)9-6-2/h10H,5,7-8H2,1-4H3/t10-/m1/s1. The van der Waals surface area contributed by atoms with Crippen LogP contribution in [0.1, 0.15) is 40.0 Å². The van der Waals surface area contributed by atoms with Crippen LogP contribution < -0.4 is 0 Å². The Balaban J connectivity index is 3.87. The van der Waals surface area contributed by atoms with E-state index in [2.05, 4.69) is 37.8 Å². The van der Waals surface area contributed by atoms with Gasteiger partial charge in [0, 0.05) is 19.1 Å². The van der Waals surface area contributed by atoms with Gasteiger partial charge in [0.1, 0.15) is 0 Å². The highest BCUT2D eigenvalue weighted by Crippen LogP contribution is 2.07. The molecule has 1 heteroatoms. The van der Waals surface area contributed by atoms with Crippen molar-refractivity contribution in [3.8, 4) is 12.0 Å². The second-order valence-electron chi connectivity index (χ2n) is 2.82. The minimum absolute atomic E-state index is 0.646. The lowest BCUT2D eigenvalue weighted by atomic mass is 10.1. The van der Waals surface area contributed by atoms with Crippen molar-refractivity contribution in [3.63, 3.8) is 0 Å². The molecule has 0 aliphatic heterocycles. The number of nitrogens with zero attached hydrogens (tertiary/aromatic N) is 1. The predicted molar refractivity (Wildman–Crippen MR) is 50.2 cm³/mol. The van der Waals surface area contributed by atoms with Crippen LogP contribution in [0.15, 0.2) is 0 Å². The predicted octanol–water partition coefficient (Wildman–Crippen LogP) is 2.48. The van der Waals surface area contributed by atoms with E-state index in [4.69, 9.17) is 0 Å². The molecule has 0 amide bonds. The fraction of sp³-hybridized carbons (Fsp3) is 0.800. The van der Waals surface area contributed by atoms with Gasteiger partial charge in [0.25, 0.3) is 0 Å². The second-order valence-corrected chi connectivity index (χ2v) is 2.82. The fourth-order valence-corrected chi connectivity index (χ4v) is 1.27. The average molecular weight is 153 g/mol. The summed E-state index contributed by atoms with van der Waals surface area (Å²) in [5.41, 5.74) is 0. The van der Waals surface area contributed by atoms with Gasteiger partial charge in [-0.15, -0.1) is 0 Å². The van der Waals surface area contributed by atoms with Crippen molar-refractivity contribution in [2.75, 3.05) is 7.05 Å². The molecule has 0 aromatic carbocycles. The Morgan fingerprint density at radius 2 is 2.00 bits per heavy atom. The first kappa shape index (κ1) is 10.4. The maximum atomic E-state index is 3.06. The molecule has 64 valence electrons. The Labute approximate surface area is 70.8 Å². The van der Waals surface area contributed by atoms with E-state index in [1.807, 2.05) is 6.92 Å². The molecule has 0 saturated carbocycles. The minimum Gasteiger partial charge on any atom is -0.333 e. The van der Waals surface area contributed by atoms with E-state index < -0.39 is 0 Å². The summed E-state index contributed by atoms with van der Waals surface area (Å²) in [5, 5.41) is 0. The highest BCUT2D eigenvalue weighted by molar-refractivity contribution is 4.95. The van der Waals surface area contributed by atoms with Crippen molar-refractivity contribution in [2.24, 2.45) is 0 Å². The third-order valence-corrected chi connectivity index (χ3v) is 1.93. The first-order valence-corrected chi connectivity index (χ1v) is 4.41. The molecule has 0 radical (unpaired) electrons. The van der Waals surface area contributed by atoms with Gasteiger partial charge in [0.2, 0.25) is 0 Å². The van der Waals surface area contributed by atoms with Crippen LogP contribution >= 0.6 is 0 Å². The summed E-state index contributed by atoms with van der Waals surface area (Å²) in [4.78, 5) is 2.13. The van der Waals surface area contributed by atoms with Crippen LogP contribution in [-0.4, -0.2) is 18.0 Å². The van der Waals surface area contributed by atoms with E-state index in [1.54, 1.807) is 0 Å². The molecule has 11 heavy (non-hydrogen) atoms. The Morgan fingerprint density at radius 3 is 2.36 bits per heavy atom. The van der Waals surface area contributed by atoms with Gasteiger partial charge < -0.3 is 4.90 Å². The van der Waals surface area contributed by atoms with Crippen molar-refractivity contribution < 1.29 is 0 Å². The van der Waals surface area contributed by atoms with Crippen LogP contribution in [0, 0.1) is 12.0 Å². The lowest BCUT2D eigenvalue weighted by Gasteiger charge is -2.22. The Bertz CT molecular complexity index is 141. The third-order valence-electron chi connectivity index (χ3n) is 1.93. The molecule has 0 spiro atoms. The van der Waals surface area contributed by atoms with Gasteiger partial charge in [-0.1, -0.05) is 26.2 Å². The summed E-state index contributed by atoms with van der Waals surface area (Å²) in [6, 6.07) is 3.71. The topological polar surface area (TPSA) is 3.24 Å². The summed E-state index contributed by atoms with van der Waals surface area (Å²) in [5.74, 6) is 2.92. The molecule has 0 bridgehead atoms. The van der Waals surface area contributed by atoms with Crippen molar-refractivity contribution in [1.82, 2.24) is 4.90 Å². The summed E-state index contributed by atoms with van der Waals surface area (Å²) in [7, 11) is 2.07. The number of rotatable bonds is 4. The highest BCUT2D eigenvalue weighted by atomic mass is 15.1. The van der Waals surface area contributed by atoms with Crippen LogP contribution in [0.25, 0.3) is 0 Å². The summed E-state index contributed by atoms with van der Waals surface area (Å²) < 4.78 is 0. The zero-order chi connectivity index (χ0) is 8.69. The quantitative estimate of drug-likeness (QED) is 0.443. The maximum absolute atomic E-state index is 3.06. The molecule has 1 nitrogen and oxygen atoms in total. The largest absolute Gasteiger partial charge is 0.333 e. The van der Waals surface area contributed by atoms with Gasteiger partial charge in [-0.3, -0.25) is 0 Å². The molecule has 0 aromatic heterocycles. The van der Waals surface area contributed by atoms with Crippen LogP contribution in [0.3, 0.4) is 0 Å². The number of hydrogen-bond donors (Lipinski definition) is 0. The first-order valence-electron chi connectivity index (χ1n) is 4.41. The molecule has 0 N–H and O–H groups in total. The van der Waals surface area contributed by atoms with Crippen LogP contribution in [-0.2, 0) is 0 Å². The molecule has 0 unspecified atom stereocenters. The van der Waals surface area contributed by atoms with E-state index >= 15 is 0 Å². The van der Waals surface area contributed by atoms with E-state index in [1.165, 1.54) is 19.3 Å². The van der Waals surface area contributed by atoms with E-state index in [0.29, 0.717) is 6.04 Å². The summed E-state index contributed by atoms with van der Waals surface area (Å²) in [6.07, 6.45) is 3.69. The van der Waals surface area contributed by atoms with Crippen LogP contribution in [0.5, 0.6) is 0 Å². The normalized spacial score (nSPS) is 11.6. The molecule has 0 aliphatic rings. The van der Waals surface area contributed by atoms with E-state index in [9.17, 15) is 0 Å². The van der Waals surface area contributed by atoms with Crippen molar-refractivity contribution >= 4 is 0 Å². The van der Waals surface area contributed by atoms with Crippen molar-refractivity contribution in [3.05, 3.63) is 0 Å². The molecular formula is C10H19N. The van der Waals surface area contributed by atoms with E-state index in [0.717, 1.165) is 0 Å². The highest BCUT2D eigenvalue weighted by Gasteiger charge is 2.06. The second kappa shape index (κ2) is 6.09. The molecular weight excluding hydrogens is 134 g/mol. The van der Waals surface area contributed by atoms with Crippen molar-refractivity contribution in [1.29, 1.82) is 0 Å². The van der Waals surface area contributed by atoms with Crippen LogP contribution in [0.4, 0.5) is 0 Å². The van der Waals surface area contributed by atoms with Crippen LogP contribution in [0.2, 0.25) is 0 Å². The zero-order valence-corrected chi connectivity index (χ0v) is 8.15. The Hall–Kier alpha value is -0.640. The Kier molecular flexibility index (Phi) is 5.74. The van der Waals surface area contributed by atoms with Gasteiger partial charge in [-0.05, 0) is 19.8 Å². The van der Waals surface area contributed by atoms with Gasteiger partial charge in [-0.2, -0.15) is 0 Å². The molecule has 0 aliphatic carbocycles. The SMILES string of the molecule is CC#CN(C)[C@H](CC)CCC. The monoisotopic (exact) mass is 153 g/mol. The summed E-state index contributed by atoms with van der Waals surface area (Å²) >= 11 is 0. The molecule has 0 fully saturated rings. The lowest BCUT2D eigenvalue weighted by Crippen LogP contribution is -2.26. The number of hydrogen-bond acceptors (Lipinski definition) is 1. The van der Waals surface area contributed by atoms with Gasteiger partial charge in [-0.25, -0.2) is 0 Å². The smallest absolute Gasteiger partial charge is 0.0365 e. The Morgan fingerprint density at radius 1 is 1.36 bits per heavy atom. The molecule has 0 heterocycles. The molecule has 0 aromatic rings.